The second kappa shape index (κ2) is 12.8. The molecule has 196 valence electrons. The first-order chi connectivity index (χ1) is 17.8. The van der Waals surface area contributed by atoms with Crippen molar-refractivity contribution in [1.29, 1.82) is 0 Å². The van der Waals surface area contributed by atoms with Gasteiger partial charge >= 0.3 is 5.97 Å². The first-order valence-corrected chi connectivity index (χ1v) is 15.1. The normalized spacial score (nSPS) is 18.9. The van der Waals surface area contributed by atoms with Gasteiger partial charge in [-0.05, 0) is 23.8 Å². The van der Waals surface area contributed by atoms with Gasteiger partial charge < -0.3 is 15.5 Å². The van der Waals surface area contributed by atoms with Gasteiger partial charge in [-0.2, -0.15) is 0 Å². The number of nitrogens with zero attached hydrogens (tertiary/aromatic N) is 2. The summed E-state index contributed by atoms with van der Waals surface area (Å²) in [6.07, 6.45) is 4.51. The molecule has 1 aromatic carbocycles. The van der Waals surface area contributed by atoms with E-state index in [2.05, 4.69) is 5.32 Å². The molecule has 2 aromatic rings. The molecular formula is C24H24Cl2N3O5S3+. The van der Waals surface area contributed by atoms with Crippen LogP contribution >= 0.6 is 58.5 Å². The molecule has 2 aliphatic rings. The summed E-state index contributed by atoms with van der Waals surface area (Å²) >= 11 is 16.3. The zero-order valence-corrected chi connectivity index (χ0v) is 23.4. The molecule has 1 saturated heterocycles. The van der Waals surface area contributed by atoms with Crippen LogP contribution in [-0.4, -0.2) is 68.2 Å². The zero-order chi connectivity index (χ0) is 26.5. The molecule has 0 bridgehead atoms. The molecule has 4 rings (SSSR count). The fraction of sp³-hybridized carbons (Fsp3) is 0.333. The van der Waals surface area contributed by atoms with Crippen molar-refractivity contribution in [3.05, 3.63) is 64.0 Å². The van der Waals surface area contributed by atoms with Crippen molar-refractivity contribution in [2.45, 2.75) is 34.2 Å². The van der Waals surface area contributed by atoms with Crippen LogP contribution in [-0.2, 0) is 20.9 Å². The molecule has 37 heavy (non-hydrogen) atoms. The van der Waals surface area contributed by atoms with Crippen molar-refractivity contribution in [3.8, 4) is 0 Å². The summed E-state index contributed by atoms with van der Waals surface area (Å²) in [4.78, 5) is 40.4. The highest BCUT2D eigenvalue weighted by molar-refractivity contribution is 8.01. The highest BCUT2D eigenvalue weighted by atomic mass is 35.5. The lowest BCUT2D eigenvalue weighted by atomic mass is 10.0. The van der Waals surface area contributed by atoms with Crippen LogP contribution in [0.1, 0.15) is 6.42 Å². The summed E-state index contributed by atoms with van der Waals surface area (Å²) in [5.41, 5.74) is 0.667. The molecule has 2 amide bonds. The van der Waals surface area contributed by atoms with E-state index in [-0.39, 0.29) is 24.0 Å². The van der Waals surface area contributed by atoms with E-state index < -0.39 is 23.3 Å². The third-order valence-electron chi connectivity index (χ3n) is 5.67. The van der Waals surface area contributed by atoms with Gasteiger partial charge in [0.05, 0.1) is 10.8 Å². The molecule has 0 spiro atoms. The number of aromatic nitrogens is 1. The number of fused-ring (bicyclic) bond motifs is 1. The maximum absolute atomic E-state index is 12.9. The number of β-lactam (4-membered cyclic amide) rings is 1. The fourth-order valence-corrected chi connectivity index (χ4v) is 7.53. The Morgan fingerprint density at radius 3 is 2.65 bits per heavy atom. The molecule has 3 N–H and O–H groups in total. The van der Waals surface area contributed by atoms with Crippen molar-refractivity contribution < 1.29 is 29.2 Å². The third-order valence-corrected chi connectivity index (χ3v) is 9.84. The topological polar surface area (TPSA) is 111 Å². The molecule has 2 aliphatic heterocycles. The van der Waals surface area contributed by atoms with E-state index in [0.717, 1.165) is 11.4 Å². The largest absolute Gasteiger partial charge is 0.477 e. The number of carbonyl (C=O) groups excluding carboxylic acids is 2. The minimum absolute atomic E-state index is 0.000717. The Morgan fingerprint density at radius 1 is 1.19 bits per heavy atom. The number of carbonyl (C=O) groups is 3. The number of carboxylic acid groups (broad SMARTS) is 1. The van der Waals surface area contributed by atoms with Crippen LogP contribution in [0.15, 0.2) is 63.8 Å². The number of aliphatic hydroxyl groups is 1. The lowest BCUT2D eigenvalue weighted by Crippen LogP contribution is -2.70. The molecule has 1 aromatic heterocycles. The second-order valence-electron chi connectivity index (χ2n) is 8.21. The Kier molecular flexibility index (Phi) is 9.71. The summed E-state index contributed by atoms with van der Waals surface area (Å²) in [5.74, 6) is -1.00. The lowest BCUT2D eigenvalue weighted by molar-refractivity contribution is -0.697. The second-order valence-corrected chi connectivity index (χ2v) is 12.2. The number of hydrogen-bond donors (Lipinski definition) is 3. The van der Waals surface area contributed by atoms with E-state index in [1.165, 1.54) is 40.2 Å². The predicted molar refractivity (Wildman–Crippen MR) is 146 cm³/mol. The summed E-state index contributed by atoms with van der Waals surface area (Å²) in [5, 5.41) is 22.1. The van der Waals surface area contributed by atoms with Crippen LogP contribution in [0.2, 0.25) is 10.0 Å². The fourth-order valence-electron chi connectivity index (χ4n) is 3.85. The third kappa shape index (κ3) is 6.76. The number of amides is 2. The van der Waals surface area contributed by atoms with E-state index in [0.29, 0.717) is 38.4 Å². The Bertz CT molecular complexity index is 1230. The molecule has 1 fully saturated rings. The van der Waals surface area contributed by atoms with Gasteiger partial charge in [-0.1, -0.05) is 23.2 Å². The molecule has 13 heteroatoms. The SMILES string of the molecule is O=C(CSc1cc(Cl)ccc1Cl)N[C@H]1C(=O)N2C(C(=O)O)=C(CSc3cc[n+](CCCO)cc3)CS[C@H]12. The summed E-state index contributed by atoms with van der Waals surface area (Å²) < 4.78 is 1.97. The van der Waals surface area contributed by atoms with Crippen molar-refractivity contribution in [2.75, 3.05) is 23.9 Å². The summed E-state index contributed by atoms with van der Waals surface area (Å²) in [6.45, 7) is 0.848. The number of rotatable bonds is 11. The Morgan fingerprint density at radius 2 is 1.95 bits per heavy atom. The first kappa shape index (κ1) is 28.1. The molecule has 0 unspecified atom stereocenters. The number of hydrogen-bond acceptors (Lipinski definition) is 7. The van der Waals surface area contributed by atoms with E-state index in [1.54, 1.807) is 18.2 Å². The van der Waals surface area contributed by atoms with Gasteiger partial charge in [0.25, 0.3) is 5.91 Å². The standard InChI is InChI=1S/C24H23Cl2N3O5S3/c25-15-2-3-17(26)18(10-15)36-13-19(31)27-20-22(32)29-21(24(33)34)14(12-37-23(20)29)11-35-16-4-7-28(8-5-16)6-1-9-30/h2-5,7-8,10,20,23,30H,1,6,9,11-13H2,(H-,27,31,33,34)/p+1/t20-,23+/m0/s1. The van der Waals surface area contributed by atoms with Crippen molar-refractivity contribution >= 4 is 76.3 Å². The number of aliphatic hydroxyl groups excluding tert-OH is 1. The molecule has 2 atom stereocenters. The first-order valence-electron chi connectivity index (χ1n) is 11.3. The molecule has 0 radical (unpaired) electrons. The van der Waals surface area contributed by atoms with E-state index >= 15 is 0 Å². The molecule has 0 aliphatic carbocycles. The number of thioether (sulfide) groups is 3. The Balaban J connectivity index is 1.35. The number of halogens is 2. The van der Waals surface area contributed by atoms with Gasteiger partial charge in [0.1, 0.15) is 17.1 Å². The number of aryl methyl sites for hydroxylation is 1. The Hall–Kier alpha value is -1.89. The highest BCUT2D eigenvalue weighted by Gasteiger charge is 2.54. The average molecular weight is 602 g/mol. The van der Waals surface area contributed by atoms with Crippen LogP contribution in [0.4, 0.5) is 0 Å². The van der Waals surface area contributed by atoms with Crippen LogP contribution in [0, 0.1) is 0 Å². The number of aliphatic carboxylic acids is 1. The van der Waals surface area contributed by atoms with Crippen LogP contribution < -0.4 is 9.88 Å². The van der Waals surface area contributed by atoms with Crippen LogP contribution in [0.25, 0.3) is 0 Å². The van der Waals surface area contributed by atoms with Crippen molar-refractivity contribution in [3.63, 3.8) is 0 Å². The molecule has 0 saturated carbocycles. The van der Waals surface area contributed by atoms with Crippen LogP contribution in [0.5, 0.6) is 0 Å². The van der Waals surface area contributed by atoms with Gasteiger partial charge in [-0.3, -0.25) is 14.5 Å². The quantitative estimate of drug-likeness (QED) is 0.205. The van der Waals surface area contributed by atoms with E-state index in [4.69, 9.17) is 28.3 Å². The minimum Gasteiger partial charge on any atom is -0.477 e. The van der Waals surface area contributed by atoms with Gasteiger partial charge in [0.2, 0.25) is 5.91 Å². The zero-order valence-electron chi connectivity index (χ0n) is 19.4. The number of pyridine rings is 1. The molecule has 3 heterocycles. The lowest BCUT2D eigenvalue weighted by Gasteiger charge is -2.49. The summed E-state index contributed by atoms with van der Waals surface area (Å²) in [6, 6.07) is 8.08. The maximum atomic E-state index is 12.9. The number of carboxylic acids is 1. The smallest absolute Gasteiger partial charge is 0.352 e. The van der Waals surface area contributed by atoms with Gasteiger partial charge in [-0.25, -0.2) is 9.36 Å². The van der Waals surface area contributed by atoms with Gasteiger partial charge in [-0.15, -0.1) is 35.3 Å². The van der Waals surface area contributed by atoms with Gasteiger partial charge in [0, 0.05) is 51.5 Å². The minimum atomic E-state index is -1.15. The van der Waals surface area contributed by atoms with Crippen LogP contribution in [0.3, 0.4) is 0 Å². The average Bonchev–Trinajstić information content (AvgIpc) is 2.89. The number of benzene rings is 1. The van der Waals surface area contributed by atoms with E-state index in [1.807, 2.05) is 29.1 Å². The van der Waals surface area contributed by atoms with E-state index in [9.17, 15) is 19.5 Å². The summed E-state index contributed by atoms with van der Waals surface area (Å²) in [7, 11) is 0. The number of nitrogens with one attached hydrogen (secondary N) is 1. The predicted octanol–water partition coefficient (Wildman–Crippen LogP) is 3.29. The molecular weight excluding hydrogens is 577 g/mol. The monoisotopic (exact) mass is 600 g/mol. The molecule has 8 nitrogen and oxygen atoms in total. The highest BCUT2D eigenvalue weighted by Crippen LogP contribution is 2.41. The maximum Gasteiger partial charge on any atom is 0.352 e. The van der Waals surface area contributed by atoms with Crippen molar-refractivity contribution in [2.24, 2.45) is 0 Å². The van der Waals surface area contributed by atoms with Gasteiger partial charge in [0.15, 0.2) is 18.9 Å². The van der Waals surface area contributed by atoms with Crippen molar-refractivity contribution in [1.82, 2.24) is 10.2 Å². The Labute approximate surface area is 236 Å².